The Kier molecular flexibility index (Phi) is 20.1. The number of carbonyl (C=O) groups is 5. The van der Waals surface area contributed by atoms with Gasteiger partial charge in [0, 0.05) is 51.8 Å². The molecule has 0 aliphatic carbocycles. The van der Waals surface area contributed by atoms with Crippen molar-refractivity contribution in [1.82, 2.24) is 9.80 Å². The zero-order valence-corrected chi connectivity index (χ0v) is 30.9. The normalized spacial score (nSPS) is 21.9. The number of aliphatic hydroxyl groups excluding tert-OH is 1. The Balaban J connectivity index is 0.000000926. The van der Waals surface area contributed by atoms with Gasteiger partial charge in [-0.15, -0.1) is 13.2 Å². The van der Waals surface area contributed by atoms with Crippen LogP contribution >= 0.6 is 0 Å². The number of benzene rings is 2. The van der Waals surface area contributed by atoms with Crippen molar-refractivity contribution in [2.75, 3.05) is 33.9 Å². The Morgan fingerprint density at radius 2 is 1.20 bits per heavy atom. The van der Waals surface area contributed by atoms with Gasteiger partial charge >= 0.3 is 53.7 Å². The van der Waals surface area contributed by atoms with Crippen molar-refractivity contribution in [2.24, 2.45) is 23.7 Å². The molecule has 2 saturated heterocycles. The van der Waals surface area contributed by atoms with E-state index in [4.69, 9.17) is 18.9 Å². The topological polar surface area (TPSA) is 149 Å². The first-order valence-corrected chi connectivity index (χ1v) is 15.6. The maximum Gasteiger partial charge on any atom is 1.00 e. The molecular formula is C36H45BN2NaO10. The third-order valence-electron chi connectivity index (χ3n) is 8.53. The van der Waals surface area contributed by atoms with Gasteiger partial charge in [0.1, 0.15) is 31.6 Å². The van der Waals surface area contributed by atoms with Gasteiger partial charge in [-0.05, 0) is 24.0 Å². The first kappa shape index (κ1) is 44.1. The molecule has 2 amide bonds. The molecule has 2 aromatic carbocycles. The number of likely N-dealkylation sites (tertiary alicyclic amines) is 2. The van der Waals surface area contributed by atoms with Crippen LogP contribution in [0.3, 0.4) is 0 Å². The van der Waals surface area contributed by atoms with E-state index in [1.54, 1.807) is 12.2 Å². The number of hydrogen-bond donors (Lipinski definition) is 1. The molecular weight excluding hydrogens is 654 g/mol. The summed E-state index contributed by atoms with van der Waals surface area (Å²) in [5.74, 6) is -2.30. The maximum atomic E-state index is 12.4. The first-order chi connectivity index (χ1) is 23.2. The van der Waals surface area contributed by atoms with Crippen LogP contribution in [-0.2, 0) is 46.5 Å². The van der Waals surface area contributed by atoms with Crippen molar-refractivity contribution in [3.8, 4) is 0 Å². The molecule has 12 nitrogen and oxygen atoms in total. The number of nitrogens with zero attached hydrogens (tertiary/aromatic N) is 2. The SMILES string of the molecule is C=CC[C@@H]1C(C=O)CN(C(=O)OCc2ccccc2)[C@@H]1C(=O)OC.C=CC[C@@H]1C(CO)CN(C(=O)OCc2ccccc2)[C@@H]1C(=O)OC.[B].[H-].[Na+]. The minimum atomic E-state index is -0.841. The number of hydrogen-bond acceptors (Lipinski definition) is 10. The van der Waals surface area contributed by atoms with E-state index in [1.807, 2.05) is 60.7 Å². The second-order valence-electron chi connectivity index (χ2n) is 11.4. The summed E-state index contributed by atoms with van der Waals surface area (Å²) in [5, 5.41) is 9.58. The van der Waals surface area contributed by atoms with Crippen LogP contribution in [0.2, 0.25) is 0 Å². The zero-order valence-electron chi connectivity index (χ0n) is 29.9. The molecule has 50 heavy (non-hydrogen) atoms. The maximum absolute atomic E-state index is 12.4. The van der Waals surface area contributed by atoms with E-state index in [2.05, 4.69) is 13.2 Å². The van der Waals surface area contributed by atoms with Crippen molar-refractivity contribution in [1.29, 1.82) is 0 Å². The largest absolute Gasteiger partial charge is 1.00 e. The molecule has 2 heterocycles. The molecule has 1 N–H and O–H groups in total. The summed E-state index contributed by atoms with van der Waals surface area (Å²) in [6.07, 6.45) is 3.82. The molecule has 2 fully saturated rings. The van der Waals surface area contributed by atoms with Gasteiger partial charge in [-0.3, -0.25) is 9.80 Å². The fourth-order valence-electron chi connectivity index (χ4n) is 6.11. The van der Waals surface area contributed by atoms with Crippen LogP contribution in [0.4, 0.5) is 9.59 Å². The molecule has 6 atom stereocenters. The Labute approximate surface area is 319 Å². The Morgan fingerprint density at radius 3 is 1.60 bits per heavy atom. The molecule has 0 saturated carbocycles. The van der Waals surface area contributed by atoms with E-state index < -0.39 is 42.1 Å². The van der Waals surface area contributed by atoms with Crippen LogP contribution in [0.5, 0.6) is 0 Å². The summed E-state index contributed by atoms with van der Waals surface area (Å²) in [6.45, 7) is 7.84. The van der Waals surface area contributed by atoms with Gasteiger partial charge < -0.3 is 30.3 Å². The minimum absolute atomic E-state index is 0. The van der Waals surface area contributed by atoms with E-state index in [0.717, 1.165) is 17.4 Å². The van der Waals surface area contributed by atoms with Gasteiger partial charge in [0.05, 0.1) is 14.2 Å². The first-order valence-electron chi connectivity index (χ1n) is 15.6. The summed E-state index contributed by atoms with van der Waals surface area (Å²) in [4.78, 5) is 63.1. The molecule has 3 radical (unpaired) electrons. The number of carbonyl (C=O) groups excluding carboxylic acids is 5. The fourth-order valence-corrected chi connectivity index (χ4v) is 6.11. The molecule has 2 aromatic rings. The zero-order chi connectivity index (χ0) is 35.1. The second-order valence-corrected chi connectivity index (χ2v) is 11.4. The van der Waals surface area contributed by atoms with Gasteiger partial charge in [0.25, 0.3) is 0 Å². The summed E-state index contributed by atoms with van der Waals surface area (Å²) in [7, 11) is 2.54. The second kappa shape index (κ2) is 22.7. The van der Waals surface area contributed by atoms with Gasteiger partial charge in [0.15, 0.2) is 0 Å². The quantitative estimate of drug-likeness (QED) is 0.111. The predicted molar refractivity (Wildman–Crippen MR) is 182 cm³/mol. The molecule has 0 bridgehead atoms. The number of amides is 2. The monoisotopic (exact) mass is 699 g/mol. The molecule has 0 aromatic heterocycles. The molecule has 2 aliphatic heterocycles. The van der Waals surface area contributed by atoms with Gasteiger partial charge in [-0.2, -0.15) is 0 Å². The number of methoxy groups -OCH3 is 2. The average molecular weight is 700 g/mol. The summed E-state index contributed by atoms with van der Waals surface area (Å²) < 4.78 is 20.3. The van der Waals surface area contributed by atoms with Crippen molar-refractivity contribution < 1.29 is 79.0 Å². The van der Waals surface area contributed by atoms with E-state index >= 15 is 0 Å². The number of aliphatic hydroxyl groups is 1. The van der Waals surface area contributed by atoms with Gasteiger partial charge in [-0.1, -0.05) is 72.8 Å². The van der Waals surface area contributed by atoms with Gasteiger partial charge in [-0.25, -0.2) is 19.2 Å². The Hall–Kier alpha value is -3.91. The number of allylic oxidation sites excluding steroid dienone is 2. The smallest absolute Gasteiger partial charge is 1.00 e. The van der Waals surface area contributed by atoms with E-state index in [9.17, 15) is 29.1 Å². The predicted octanol–water partition coefficient (Wildman–Crippen LogP) is 0.905. The standard InChI is InChI=1S/C18H23NO5.C18H21NO5.B.Na.H/c2*1-3-7-15-14(11-20)10-19(16(15)17(21)23-2)18(22)24-12-13-8-5-4-6-9-13;;;/h3-6,8-9,14-16,20H,1,7,10-12H2,2H3;3-6,8-9,11,14-16H,1,7,10,12H2,2H3;;;/q;;;+1;-1/t2*14?,15-,16+;;;/m11.../s1. The summed E-state index contributed by atoms with van der Waals surface area (Å²) in [5.41, 5.74) is 1.70. The summed E-state index contributed by atoms with van der Waals surface area (Å²) >= 11 is 0. The minimum Gasteiger partial charge on any atom is -1.00 e. The third kappa shape index (κ3) is 11.6. The van der Waals surface area contributed by atoms with Crippen molar-refractivity contribution in [3.05, 3.63) is 97.1 Å². The van der Waals surface area contributed by atoms with Crippen LogP contribution in [0, 0.1) is 23.7 Å². The van der Waals surface area contributed by atoms with E-state index in [-0.39, 0.29) is 90.1 Å². The Morgan fingerprint density at radius 1 is 0.780 bits per heavy atom. The third-order valence-corrected chi connectivity index (χ3v) is 8.53. The molecule has 14 heteroatoms. The number of ether oxygens (including phenoxy) is 4. The van der Waals surface area contributed by atoms with Crippen LogP contribution in [0.15, 0.2) is 86.0 Å². The van der Waals surface area contributed by atoms with Gasteiger partial charge in [0.2, 0.25) is 0 Å². The molecule has 2 aliphatic rings. The molecule has 2 unspecified atom stereocenters. The van der Waals surface area contributed by atoms with Crippen molar-refractivity contribution >= 4 is 38.8 Å². The van der Waals surface area contributed by atoms with Crippen LogP contribution in [-0.4, -0.2) is 99.7 Å². The molecule has 0 spiro atoms. The van der Waals surface area contributed by atoms with Crippen LogP contribution in [0.1, 0.15) is 25.4 Å². The van der Waals surface area contributed by atoms with Crippen LogP contribution in [0.25, 0.3) is 0 Å². The summed E-state index contributed by atoms with van der Waals surface area (Å²) in [6, 6.07) is 16.9. The number of esters is 2. The van der Waals surface area contributed by atoms with E-state index in [1.165, 1.54) is 24.0 Å². The molecule has 263 valence electrons. The average Bonchev–Trinajstić information content (AvgIpc) is 3.68. The van der Waals surface area contributed by atoms with Crippen molar-refractivity contribution in [2.45, 2.75) is 38.1 Å². The van der Waals surface area contributed by atoms with E-state index in [0.29, 0.717) is 12.8 Å². The number of rotatable bonds is 12. The Bertz CT molecular complexity index is 1410. The van der Waals surface area contributed by atoms with Crippen molar-refractivity contribution in [3.63, 3.8) is 0 Å². The molecule has 4 rings (SSSR count). The fraction of sp³-hybridized carbons (Fsp3) is 0.417. The van der Waals surface area contributed by atoms with Crippen LogP contribution < -0.4 is 29.6 Å². The number of aldehydes is 1.